The van der Waals surface area contributed by atoms with Crippen molar-refractivity contribution in [3.05, 3.63) is 53.6 Å². The molecular weight excluding hydrogens is 246 g/mol. The van der Waals surface area contributed by atoms with Crippen molar-refractivity contribution in [1.82, 2.24) is 9.97 Å². The van der Waals surface area contributed by atoms with Gasteiger partial charge in [-0.2, -0.15) is 0 Å². The van der Waals surface area contributed by atoms with Crippen LogP contribution in [-0.2, 0) is 5.41 Å². The highest BCUT2D eigenvalue weighted by Crippen LogP contribution is 2.25. The zero-order chi connectivity index (χ0) is 14.8. The third-order valence-electron chi connectivity index (χ3n) is 3.46. The molecule has 0 amide bonds. The molecule has 2 aromatic rings. The number of aromatic nitrogens is 2. The third kappa shape index (κ3) is 3.35. The van der Waals surface area contributed by atoms with Gasteiger partial charge in [0, 0.05) is 18.1 Å². The maximum Gasteiger partial charge on any atom is 0.0835 e. The maximum atomic E-state index is 4.41. The number of aryl methyl sites for hydroxylation is 1. The van der Waals surface area contributed by atoms with E-state index in [2.05, 4.69) is 67.2 Å². The van der Waals surface area contributed by atoms with Crippen LogP contribution in [0.4, 0.5) is 5.69 Å². The summed E-state index contributed by atoms with van der Waals surface area (Å²) in [5.41, 5.74) is 4.60. The summed E-state index contributed by atoms with van der Waals surface area (Å²) in [6, 6.07) is 8.76. The van der Waals surface area contributed by atoms with Gasteiger partial charge in [-0.1, -0.05) is 32.9 Å². The number of anilines is 1. The standard InChI is InChI=1S/C17H23N3/c1-12-16(19-11-10-18-12)13(2)20-15-8-6-14(7-9-15)17(3,4)5/h6-11,13,20H,1-5H3. The van der Waals surface area contributed by atoms with E-state index in [1.54, 1.807) is 12.4 Å². The fourth-order valence-electron chi connectivity index (χ4n) is 2.23. The lowest BCUT2D eigenvalue weighted by atomic mass is 9.87. The van der Waals surface area contributed by atoms with Crippen LogP contribution in [0.15, 0.2) is 36.7 Å². The Bertz CT molecular complexity index is 568. The molecule has 106 valence electrons. The Morgan fingerprint density at radius 3 is 2.15 bits per heavy atom. The first-order chi connectivity index (χ1) is 9.38. The Morgan fingerprint density at radius 1 is 1.00 bits per heavy atom. The van der Waals surface area contributed by atoms with Crippen LogP contribution in [0.2, 0.25) is 0 Å². The molecule has 0 saturated heterocycles. The molecule has 0 aliphatic heterocycles. The molecule has 0 spiro atoms. The molecule has 0 radical (unpaired) electrons. The van der Waals surface area contributed by atoms with Crippen LogP contribution >= 0.6 is 0 Å². The SMILES string of the molecule is Cc1nccnc1C(C)Nc1ccc(C(C)(C)C)cc1. The molecule has 0 fully saturated rings. The van der Waals surface area contributed by atoms with Crippen LogP contribution in [0.1, 0.15) is 50.7 Å². The number of benzene rings is 1. The smallest absolute Gasteiger partial charge is 0.0835 e. The van der Waals surface area contributed by atoms with Crippen molar-refractivity contribution >= 4 is 5.69 Å². The van der Waals surface area contributed by atoms with Crippen LogP contribution in [0.5, 0.6) is 0 Å². The van der Waals surface area contributed by atoms with Gasteiger partial charge in [0.2, 0.25) is 0 Å². The van der Waals surface area contributed by atoms with E-state index in [-0.39, 0.29) is 11.5 Å². The zero-order valence-electron chi connectivity index (χ0n) is 12.9. The molecule has 0 aliphatic rings. The van der Waals surface area contributed by atoms with Gasteiger partial charge in [0.1, 0.15) is 0 Å². The first-order valence-electron chi connectivity index (χ1n) is 7.02. The predicted octanol–water partition coefficient (Wildman–Crippen LogP) is 4.26. The van der Waals surface area contributed by atoms with E-state index in [1.807, 2.05) is 6.92 Å². The van der Waals surface area contributed by atoms with Crippen molar-refractivity contribution in [2.45, 2.75) is 46.1 Å². The monoisotopic (exact) mass is 269 g/mol. The molecule has 1 N–H and O–H groups in total. The van der Waals surface area contributed by atoms with E-state index in [1.165, 1.54) is 5.56 Å². The second-order valence-corrected chi connectivity index (χ2v) is 6.22. The maximum absolute atomic E-state index is 4.41. The number of hydrogen-bond donors (Lipinski definition) is 1. The zero-order valence-corrected chi connectivity index (χ0v) is 12.9. The molecule has 1 aromatic carbocycles. The Kier molecular flexibility index (Phi) is 4.07. The van der Waals surface area contributed by atoms with Gasteiger partial charge in [-0.3, -0.25) is 9.97 Å². The molecule has 1 aromatic heterocycles. The lowest BCUT2D eigenvalue weighted by molar-refractivity contribution is 0.590. The molecule has 0 aliphatic carbocycles. The number of rotatable bonds is 3. The van der Waals surface area contributed by atoms with Crippen molar-refractivity contribution < 1.29 is 0 Å². The van der Waals surface area contributed by atoms with Gasteiger partial charge < -0.3 is 5.32 Å². The van der Waals surface area contributed by atoms with Gasteiger partial charge in [-0.25, -0.2) is 0 Å². The lowest BCUT2D eigenvalue weighted by Gasteiger charge is -2.20. The second-order valence-electron chi connectivity index (χ2n) is 6.22. The summed E-state index contributed by atoms with van der Waals surface area (Å²) in [5.74, 6) is 0. The van der Waals surface area contributed by atoms with E-state index < -0.39 is 0 Å². The van der Waals surface area contributed by atoms with E-state index in [0.29, 0.717) is 0 Å². The number of hydrogen-bond acceptors (Lipinski definition) is 3. The van der Waals surface area contributed by atoms with Gasteiger partial charge in [-0.15, -0.1) is 0 Å². The summed E-state index contributed by atoms with van der Waals surface area (Å²) in [7, 11) is 0. The van der Waals surface area contributed by atoms with Gasteiger partial charge >= 0.3 is 0 Å². The summed E-state index contributed by atoms with van der Waals surface area (Å²) < 4.78 is 0. The van der Waals surface area contributed by atoms with E-state index in [4.69, 9.17) is 0 Å². The normalized spacial score (nSPS) is 13.1. The fourth-order valence-corrected chi connectivity index (χ4v) is 2.23. The average molecular weight is 269 g/mol. The van der Waals surface area contributed by atoms with Crippen molar-refractivity contribution in [2.24, 2.45) is 0 Å². The summed E-state index contributed by atoms with van der Waals surface area (Å²) in [6.07, 6.45) is 3.47. The van der Waals surface area contributed by atoms with Crippen LogP contribution in [0, 0.1) is 6.92 Å². The molecule has 0 bridgehead atoms. The van der Waals surface area contributed by atoms with Crippen LogP contribution < -0.4 is 5.32 Å². The molecule has 1 heterocycles. The highest BCUT2D eigenvalue weighted by Gasteiger charge is 2.14. The Balaban J connectivity index is 2.13. The quantitative estimate of drug-likeness (QED) is 0.905. The summed E-state index contributed by atoms with van der Waals surface area (Å²) in [5, 5.41) is 3.48. The molecule has 2 rings (SSSR count). The Hall–Kier alpha value is -1.90. The topological polar surface area (TPSA) is 37.8 Å². The number of nitrogens with one attached hydrogen (secondary N) is 1. The van der Waals surface area contributed by atoms with Crippen molar-refractivity contribution in [3.8, 4) is 0 Å². The van der Waals surface area contributed by atoms with E-state index in [0.717, 1.165) is 17.1 Å². The van der Waals surface area contributed by atoms with Gasteiger partial charge in [0.25, 0.3) is 0 Å². The predicted molar refractivity (Wildman–Crippen MR) is 83.9 cm³/mol. The van der Waals surface area contributed by atoms with Crippen molar-refractivity contribution in [2.75, 3.05) is 5.32 Å². The molecular formula is C17H23N3. The van der Waals surface area contributed by atoms with Crippen molar-refractivity contribution in [3.63, 3.8) is 0 Å². The summed E-state index contributed by atoms with van der Waals surface area (Å²) >= 11 is 0. The summed E-state index contributed by atoms with van der Waals surface area (Å²) in [4.78, 5) is 8.69. The second kappa shape index (κ2) is 5.61. The van der Waals surface area contributed by atoms with E-state index >= 15 is 0 Å². The molecule has 3 nitrogen and oxygen atoms in total. The molecule has 3 heteroatoms. The largest absolute Gasteiger partial charge is 0.377 e. The van der Waals surface area contributed by atoms with Gasteiger partial charge in [-0.05, 0) is 37.0 Å². The number of nitrogens with zero attached hydrogens (tertiary/aromatic N) is 2. The van der Waals surface area contributed by atoms with Crippen LogP contribution in [-0.4, -0.2) is 9.97 Å². The third-order valence-corrected chi connectivity index (χ3v) is 3.46. The van der Waals surface area contributed by atoms with Crippen molar-refractivity contribution in [1.29, 1.82) is 0 Å². The minimum atomic E-state index is 0.143. The molecule has 1 atom stereocenters. The summed E-state index contributed by atoms with van der Waals surface area (Å²) in [6.45, 7) is 10.8. The first-order valence-corrected chi connectivity index (χ1v) is 7.02. The Morgan fingerprint density at radius 2 is 1.60 bits per heavy atom. The first kappa shape index (κ1) is 14.5. The molecule has 0 saturated carbocycles. The van der Waals surface area contributed by atoms with E-state index in [9.17, 15) is 0 Å². The molecule has 20 heavy (non-hydrogen) atoms. The van der Waals surface area contributed by atoms with Crippen LogP contribution in [0.25, 0.3) is 0 Å². The Labute approximate surface area is 121 Å². The fraction of sp³-hybridized carbons (Fsp3) is 0.412. The minimum absolute atomic E-state index is 0.143. The highest BCUT2D eigenvalue weighted by molar-refractivity contribution is 5.47. The van der Waals surface area contributed by atoms with Crippen LogP contribution in [0.3, 0.4) is 0 Å². The molecule has 1 unspecified atom stereocenters. The highest BCUT2D eigenvalue weighted by atomic mass is 15.0. The van der Waals surface area contributed by atoms with Gasteiger partial charge in [0.15, 0.2) is 0 Å². The lowest BCUT2D eigenvalue weighted by Crippen LogP contribution is -2.12. The average Bonchev–Trinajstić information content (AvgIpc) is 2.38. The van der Waals surface area contributed by atoms with Gasteiger partial charge in [0.05, 0.1) is 17.4 Å². The minimum Gasteiger partial charge on any atom is -0.377 e.